The van der Waals surface area contributed by atoms with Gasteiger partial charge in [-0.25, -0.2) is 8.78 Å². The van der Waals surface area contributed by atoms with Crippen LogP contribution in [-0.4, -0.2) is 0 Å². The van der Waals surface area contributed by atoms with Crippen molar-refractivity contribution in [3.63, 3.8) is 0 Å². The summed E-state index contributed by atoms with van der Waals surface area (Å²) in [6.45, 7) is 0. The minimum Gasteiger partial charge on any atom is -0.213 e. The molecule has 0 atom stereocenters. The molecule has 0 radical (unpaired) electrons. The maximum atomic E-state index is 10.2. The molecule has 0 aliphatic rings. The Morgan fingerprint density at radius 1 is 1.00 bits per heavy atom. The first kappa shape index (κ1) is 3.60. The minimum absolute atomic E-state index is 0.167. The molecule has 0 unspecified atom stereocenters. The molecule has 0 aromatic rings. The second kappa shape index (κ2) is 2.60. The highest BCUT2D eigenvalue weighted by atomic mass is 19.2. The molecule has 0 bridgehead atoms. The lowest BCUT2D eigenvalue weighted by molar-refractivity contribution is 0.645. The first-order valence-electron chi connectivity index (χ1n) is 0.770. The van der Waals surface area contributed by atoms with Crippen LogP contribution in [0.25, 0.3) is 0 Å². The van der Waals surface area contributed by atoms with Crippen molar-refractivity contribution >= 4 is 0 Å². The van der Waals surface area contributed by atoms with E-state index in [1.165, 1.54) is 0 Å². The van der Waals surface area contributed by atoms with Crippen LogP contribution >= 0.6 is 0 Å². The molecule has 0 N–H and O–H groups in total. The van der Waals surface area contributed by atoms with Crippen molar-refractivity contribution in [2.24, 2.45) is 0 Å². The average molecular weight is 64.0 g/mol. The normalized spacial score (nSPS) is 9.50. The zero-order valence-corrected chi connectivity index (χ0v) is 1.91. The molecule has 0 saturated carbocycles. The largest absolute Gasteiger partial charge is 0.213 e. The molecular formula is C2H2F2. The highest BCUT2D eigenvalue weighted by molar-refractivity contribution is 4.51. The van der Waals surface area contributed by atoms with Gasteiger partial charge in [-0.1, -0.05) is 0 Å². The van der Waals surface area contributed by atoms with Crippen LogP contribution in [0.4, 0.5) is 8.78 Å². The number of hydrogen-bond donors (Lipinski definition) is 0. The second-order valence-corrected chi connectivity index (χ2v) is 0.252. The predicted octanol–water partition coefficient (Wildman–Crippen LogP) is 1.40. The zero-order valence-electron chi connectivity index (χ0n) is 1.91. The number of hydrogen-bond acceptors (Lipinski definition) is 0. The van der Waals surface area contributed by atoms with Crippen LogP contribution in [0.5, 0.6) is 0 Å². The highest BCUT2D eigenvalue weighted by Gasteiger charge is 1.43. The molecule has 0 rings (SSSR count). The summed E-state index contributed by atoms with van der Waals surface area (Å²) in [6.07, 6.45) is -0.333. The van der Waals surface area contributed by atoms with Crippen molar-refractivity contribution in [2.75, 3.05) is 0 Å². The Morgan fingerprint density at radius 3 is 1.25 bits per heavy atom. The summed E-state index contributed by atoms with van der Waals surface area (Å²) >= 11 is 0. The lowest BCUT2D eigenvalue weighted by Crippen LogP contribution is -1.18. The van der Waals surface area contributed by atoms with Crippen molar-refractivity contribution in [3.8, 4) is 0 Å². The van der Waals surface area contributed by atoms with Crippen LogP contribution in [0.15, 0.2) is 12.7 Å². The standard InChI is InChI=1S/C2H2F2/c3-1-2-4/h1-2H. The van der Waals surface area contributed by atoms with Crippen LogP contribution in [0, 0.1) is 0 Å². The molecule has 0 heterocycles. The Bertz CT molecular complexity index is 19.2. The van der Waals surface area contributed by atoms with Gasteiger partial charge in [-0.15, -0.1) is 0 Å². The molecule has 0 aliphatic carbocycles. The summed E-state index contributed by atoms with van der Waals surface area (Å²) < 4.78 is 20.3. The molecule has 24 valence electrons. The van der Waals surface area contributed by atoms with E-state index in [1.54, 1.807) is 0 Å². The Labute approximate surface area is 22.7 Å². The molecule has 0 spiro atoms. The summed E-state index contributed by atoms with van der Waals surface area (Å²) in [7, 11) is 0. The van der Waals surface area contributed by atoms with Crippen LogP contribution < -0.4 is 0 Å². The number of halogens is 2. The van der Waals surface area contributed by atoms with Crippen molar-refractivity contribution < 1.29 is 8.78 Å². The molecule has 0 nitrogen and oxygen atoms in total. The van der Waals surface area contributed by atoms with Crippen LogP contribution in [0.3, 0.4) is 0 Å². The van der Waals surface area contributed by atoms with E-state index >= 15 is 0 Å². The van der Waals surface area contributed by atoms with Gasteiger partial charge in [0.25, 0.3) is 0 Å². The quantitative estimate of drug-likeness (QED) is 0.399. The Morgan fingerprint density at radius 2 is 1.25 bits per heavy atom. The monoisotopic (exact) mass is 64.0 g/mol. The van der Waals surface area contributed by atoms with Gasteiger partial charge in [0.2, 0.25) is 0 Å². The van der Waals surface area contributed by atoms with Crippen LogP contribution in [0.2, 0.25) is 0 Å². The summed E-state index contributed by atoms with van der Waals surface area (Å²) in [5, 5.41) is 0. The fraction of sp³-hybridized carbons (Fsp3) is 0. The van der Waals surface area contributed by atoms with Crippen molar-refractivity contribution in [1.29, 1.82) is 0 Å². The van der Waals surface area contributed by atoms with E-state index in [-0.39, 0.29) is 12.7 Å². The summed E-state index contributed by atoms with van der Waals surface area (Å²) in [5.74, 6) is 0. The van der Waals surface area contributed by atoms with Gasteiger partial charge in [0.1, 0.15) is 12.7 Å². The number of rotatable bonds is 0. The third kappa shape index (κ3) is 1.60. The first-order valence-corrected chi connectivity index (χ1v) is 0.770. The maximum Gasteiger partial charge on any atom is 0.115 e. The summed E-state index contributed by atoms with van der Waals surface area (Å²) in [6, 6.07) is 0. The van der Waals surface area contributed by atoms with E-state index in [9.17, 15) is 8.78 Å². The maximum absolute atomic E-state index is 10.2. The van der Waals surface area contributed by atoms with E-state index < -0.39 is 0 Å². The highest BCUT2D eigenvalue weighted by Crippen LogP contribution is 1.67. The molecule has 4 heavy (non-hydrogen) atoms. The van der Waals surface area contributed by atoms with Gasteiger partial charge in [0.05, 0.1) is 0 Å². The van der Waals surface area contributed by atoms with Gasteiger partial charge in [-0.2, -0.15) is 0 Å². The fourth-order valence-electron chi connectivity index (χ4n) is 0. The van der Waals surface area contributed by atoms with E-state index in [0.29, 0.717) is 0 Å². The Kier molecular flexibility index (Phi) is 2.34. The van der Waals surface area contributed by atoms with Crippen molar-refractivity contribution in [1.82, 2.24) is 0 Å². The Balaban J connectivity index is 2.55. The zero-order chi connectivity index (χ0) is 3.41. The average Bonchev–Trinajstić information content (AvgIpc) is 1.37. The first-order chi connectivity index (χ1) is 1.91. The van der Waals surface area contributed by atoms with Gasteiger partial charge in [0, 0.05) is 0 Å². The van der Waals surface area contributed by atoms with Gasteiger partial charge in [-0.3, -0.25) is 0 Å². The SMILES string of the molecule is FC=CF. The van der Waals surface area contributed by atoms with Gasteiger partial charge in [-0.05, 0) is 0 Å². The molecular weight excluding hydrogens is 62.0 g/mol. The smallest absolute Gasteiger partial charge is 0.115 e. The fourth-order valence-corrected chi connectivity index (χ4v) is 0. The van der Waals surface area contributed by atoms with E-state index in [1.807, 2.05) is 0 Å². The van der Waals surface area contributed by atoms with Gasteiger partial charge in [0.15, 0.2) is 0 Å². The lowest BCUT2D eigenvalue weighted by atomic mass is 11.2. The third-order valence-corrected chi connectivity index (χ3v) is 0.0476. The minimum atomic E-state index is -0.167. The molecule has 0 fully saturated rings. The van der Waals surface area contributed by atoms with Crippen molar-refractivity contribution in [3.05, 3.63) is 12.7 Å². The van der Waals surface area contributed by atoms with E-state index in [0.717, 1.165) is 0 Å². The molecule has 2 heteroatoms. The molecule has 0 aromatic carbocycles. The molecule has 0 amide bonds. The van der Waals surface area contributed by atoms with Crippen LogP contribution in [-0.2, 0) is 0 Å². The van der Waals surface area contributed by atoms with Gasteiger partial charge < -0.3 is 0 Å². The van der Waals surface area contributed by atoms with Crippen molar-refractivity contribution in [2.45, 2.75) is 0 Å². The van der Waals surface area contributed by atoms with E-state index in [2.05, 4.69) is 0 Å². The molecule has 0 aromatic heterocycles. The summed E-state index contributed by atoms with van der Waals surface area (Å²) in [4.78, 5) is 0. The summed E-state index contributed by atoms with van der Waals surface area (Å²) in [5.41, 5.74) is 0. The second-order valence-electron chi connectivity index (χ2n) is 0.252. The lowest BCUT2D eigenvalue weighted by Gasteiger charge is -1.42. The topological polar surface area (TPSA) is 0 Å². The van der Waals surface area contributed by atoms with Gasteiger partial charge >= 0.3 is 0 Å². The predicted molar refractivity (Wildman–Crippen MR) is 11.4 cm³/mol. The molecule has 0 saturated heterocycles. The van der Waals surface area contributed by atoms with Crippen LogP contribution in [0.1, 0.15) is 0 Å². The Hall–Kier alpha value is -0.400. The molecule has 0 aliphatic heterocycles. The van der Waals surface area contributed by atoms with E-state index in [4.69, 9.17) is 0 Å². The third-order valence-electron chi connectivity index (χ3n) is 0.0476.